The van der Waals surface area contributed by atoms with Gasteiger partial charge >= 0.3 is 5.97 Å². The number of piperidine rings is 1. The van der Waals surface area contributed by atoms with Crippen molar-refractivity contribution in [1.29, 1.82) is 0 Å². The summed E-state index contributed by atoms with van der Waals surface area (Å²) in [5.41, 5.74) is 2.02. The van der Waals surface area contributed by atoms with Crippen LogP contribution in [0.5, 0.6) is 0 Å². The number of hydrogen-bond donors (Lipinski definition) is 2. The highest BCUT2D eigenvalue weighted by Crippen LogP contribution is 2.24. The summed E-state index contributed by atoms with van der Waals surface area (Å²) in [7, 11) is 1.29. The fourth-order valence-corrected chi connectivity index (χ4v) is 3.81. The number of H-pyrrole nitrogens is 1. The number of ether oxygens (including phenoxy) is 1. The quantitative estimate of drug-likeness (QED) is 0.640. The van der Waals surface area contributed by atoms with Crippen LogP contribution in [0, 0.1) is 0 Å². The number of carbonyl (C=O) groups is 1. The molecule has 152 valence electrons. The number of rotatable bonds is 5. The van der Waals surface area contributed by atoms with Gasteiger partial charge < -0.3 is 19.3 Å². The molecule has 8 nitrogen and oxygen atoms in total. The second kappa shape index (κ2) is 8.18. The predicted octanol–water partition coefficient (Wildman–Crippen LogP) is 1.97. The first-order valence-corrected chi connectivity index (χ1v) is 9.76. The minimum absolute atomic E-state index is 0.206. The van der Waals surface area contributed by atoms with E-state index >= 15 is 0 Å². The molecule has 0 aliphatic carbocycles. The third-order valence-corrected chi connectivity index (χ3v) is 5.42. The van der Waals surface area contributed by atoms with Gasteiger partial charge in [-0.25, -0.2) is 9.89 Å². The molecule has 0 amide bonds. The highest BCUT2D eigenvalue weighted by Gasteiger charge is 2.22. The summed E-state index contributed by atoms with van der Waals surface area (Å²) in [6, 6.07) is 7.44. The van der Waals surface area contributed by atoms with E-state index in [4.69, 9.17) is 4.74 Å². The van der Waals surface area contributed by atoms with E-state index in [1.54, 1.807) is 17.0 Å². The number of nitrogens with one attached hydrogen (secondary N) is 1. The molecule has 0 saturated carbocycles. The first-order valence-electron chi connectivity index (χ1n) is 9.76. The van der Waals surface area contributed by atoms with Crippen molar-refractivity contribution in [3.8, 4) is 16.9 Å². The summed E-state index contributed by atoms with van der Waals surface area (Å²) in [6.07, 6.45) is 6.30. The molecule has 1 atom stereocenters. The van der Waals surface area contributed by atoms with Crippen LogP contribution in [0.2, 0.25) is 0 Å². The molecule has 1 aromatic rings. The zero-order valence-electron chi connectivity index (χ0n) is 16.3. The van der Waals surface area contributed by atoms with Crippen molar-refractivity contribution in [2.24, 2.45) is 0 Å². The summed E-state index contributed by atoms with van der Waals surface area (Å²) in [6.45, 7) is 2.69. The summed E-state index contributed by atoms with van der Waals surface area (Å²) >= 11 is 0. The average molecular weight is 396 g/mol. The van der Waals surface area contributed by atoms with Gasteiger partial charge in [-0.3, -0.25) is 4.79 Å². The Balaban J connectivity index is 1.61. The van der Waals surface area contributed by atoms with E-state index in [2.05, 4.69) is 15.1 Å². The second-order valence-electron chi connectivity index (χ2n) is 7.35. The Labute approximate surface area is 168 Å². The van der Waals surface area contributed by atoms with Gasteiger partial charge in [-0.05, 0) is 43.6 Å². The number of aliphatic hydroxyl groups excluding tert-OH is 1. The molecule has 1 fully saturated rings. The molecule has 3 heterocycles. The van der Waals surface area contributed by atoms with E-state index in [9.17, 15) is 14.7 Å². The fraction of sp³-hybridized carbons (Fsp3) is 0.381. The van der Waals surface area contributed by atoms with E-state index in [0.29, 0.717) is 12.1 Å². The number of carbonyl (C=O) groups excluding carboxylic acids is 1. The number of esters is 1. The van der Waals surface area contributed by atoms with Gasteiger partial charge in [0.05, 0.1) is 18.8 Å². The van der Waals surface area contributed by atoms with Crippen molar-refractivity contribution >= 4 is 5.97 Å². The first-order chi connectivity index (χ1) is 14.1. The molecule has 0 aromatic heterocycles. The highest BCUT2D eigenvalue weighted by atomic mass is 16.5. The maximum atomic E-state index is 12.1. The van der Waals surface area contributed by atoms with Gasteiger partial charge in [0.1, 0.15) is 11.3 Å². The molecule has 0 radical (unpaired) electrons. The number of nitrogens with zero attached hydrogens (tertiary/aromatic N) is 3. The molecular formula is C21H24N4O4. The minimum Gasteiger partial charge on any atom is -0.465 e. The number of aromatic amines is 1. The normalized spacial score (nSPS) is 16.1. The van der Waals surface area contributed by atoms with Gasteiger partial charge in [0, 0.05) is 24.6 Å². The predicted molar refractivity (Wildman–Crippen MR) is 107 cm³/mol. The van der Waals surface area contributed by atoms with Crippen LogP contribution in [0.1, 0.15) is 41.3 Å². The number of aliphatic hydroxyl groups is 1. The van der Waals surface area contributed by atoms with Gasteiger partial charge in [0.25, 0.3) is 5.56 Å². The number of fused-ring (bicyclic) bond motifs is 1. The molecule has 4 rings (SSSR count). The number of β-amino-alcohol motifs (C(OH)–C–C–N with tert-alkyl or cyclic N) is 1. The molecule has 1 aromatic carbocycles. The Kier molecular flexibility index (Phi) is 5.46. The van der Waals surface area contributed by atoms with Crippen LogP contribution in [-0.2, 0) is 4.74 Å². The maximum absolute atomic E-state index is 12.1. The summed E-state index contributed by atoms with van der Waals surface area (Å²) in [4.78, 5) is 26.5. The monoisotopic (exact) mass is 396 g/mol. The lowest BCUT2D eigenvalue weighted by Gasteiger charge is -2.28. The molecule has 1 unspecified atom stereocenters. The lowest BCUT2D eigenvalue weighted by molar-refractivity contribution is 0.0600. The van der Waals surface area contributed by atoms with Gasteiger partial charge in [0.15, 0.2) is 0 Å². The Morgan fingerprint density at radius 2 is 1.93 bits per heavy atom. The van der Waals surface area contributed by atoms with E-state index in [1.807, 2.05) is 24.3 Å². The Bertz CT molecular complexity index is 1020. The Hall–Kier alpha value is -2.97. The number of likely N-dealkylation sites (tertiary alicyclic amines) is 1. The van der Waals surface area contributed by atoms with Crippen molar-refractivity contribution in [1.82, 2.24) is 19.7 Å². The van der Waals surface area contributed by atoms with E-state index in [1.165, 1.54) is 26.4 Å². The summed E-state index contributed by atoms with van der Waals surface area (Å²) in [5.74, 6) is -0.565. The van der Waals surface area contributed by atoms with Gasteiger partial charge in [-0.15, -0.1) is 0 Å². The van der Waals surface area contributed by atoms with E-state index in [0.717, 1.165) is 24.3 Å². The van der Waals surface area contributed by atoms with Crippen LogP contribution in [0.25, 0.3) is 16.9 Å². The van der Waals surface area contributed by atoms with Crippen LogP contribution in [-0.4, -0.2) is 57.5 Å². The third-order valence-electron chi connectivity index (χ3n) is 5.42. The molecule has 0 spiro atoms. The molecule has 29 heavy (non-hydrogen) atoms. The Morgan fingerprint density at radius 1 is 1.21 bits per heavy atom. The van der Waals surface area contributed by atoms with Crippen LogP contribution >= 0.6 is 0 Å². The molecule has 1 saturated heterocycles. The van der Waals surface area contributed by atoms with Crippen molar-refractivity contribution in [2.45, 2.75) is 25.4 Å². The zero-order chi connectivity index (χ0) is 20.4. The smallest absolute Gasteiger partial charge is 0.341 e. The van der Waals surface area contributed by atoms with Crippen molar-refractivity contribution in [2.75, 3.05) is 26.7 Å². The van der Waals surface area contributed by atoms with Crippen molar-refractivity contribution < 1.29 is 14.6 Å². The lowest BCUT2D eigenvalue weighted by Crippen LogP contribution is -2.33. The first kappa shape index (κ1) is 19.4. The molecule has 8 heteroatoms. The number of aromatic nitrogens is 3. The van der Waals surface area contributed by atoms with Gasteiger partial charge in [-0.1, -0.05) is 18.6 Å². The number of hydrogen-bond acceptors (Lipinski definition) is 6. The van der Waals surface area contributed by atoms with Gasteiger partial charge in [0.2, 0.25) is 0 Å². The van der Waals surface area contributed by atoms with E-state index in [-0.39, 0.29) is 16.8 Å². The van der Waals surface area contributed by atoms with Crippen molar-refractivity contribution in [3.05, 3.63) is 58.1 Å². The lowest BCUT2D eigenvalue weighted by atomic mass is 10.1. The standard InChI is InChI=1S/C21H24N4O4/c1-29-21(28)17-12-25(11-16-19(17)22-23-20(16)27)15-7-5-14(6-8-15)18(26)13-24-9-3-2-4-10-24/h5-8,11-12,18,26H,2-4,9-10,13H2,1H3,(H,23,27). The second-order valence-corrected chi connectivity index (χ2v) is 7.35. The van der Waals surface area contributed by atoms with Crippen LogP contribution in [0.4, 0.5) is 0 Å². The largest absolute Gasteiger partial charge is 0.465 e. The van der Waals surface area contributed by atoms with Crippen LogP contribution in [0.3, 0.4) is 0 Å². The topological polar surface area (TPSA) is 100 Å². The summed E-state index contributed by atoms with van der Waals surface area (Å²) in [5, 5.41) is 16.9. The maximum Gasteiger partial charge on any atom is 0.341 e. The fourth-order valence-electron chi connectivity index (χ4n) is 3.81. The molecule has 2 N–H and O–H groups in total. The third kappa shape index (κ3) is 3.94. The van der Waals surface area contributed by atoms with Crippen LogP contribution in [0.15, 0.2) is 41.5 Å². The minimum atomic E-state index is -0.565. The Morgan fingerprint density at radius 3 is 2.62 bits per heavy atom. The van der Waals surface area contributed by atoms with E-state index < -0.39 is 12.1 Å². The van der Waals surface area contributed by atoms with Crippen LogP contribution < -0.4 is 5.56 Å². The summed E-state index contributed by atoms with van der Waals surface area (Å²) < 4.78 is 6.51. The molecule has 3 aliphatic heterocycles. The number of methoxy groups -OCH3 is 1. The average Bonchev–Trinajstić information content (AvgIpc) is 3.14. The SMILES string of the molecule is COC(=O)c1cn(-c2ccc(C(O)CN3CCCCC3)cc2)cc2c(=O)[nH]nc1-2. The number of benzene rings is 1. The molecule has 0 bridgehead atoms. The highest BCUT2D eigenvalue weighted by molar-refractivity contribution is 5.96. The van der Waals surface area contributed by atoms with Crippen molar-refractivity contribution in [3.63, 3.8) is 0 Å². The zero-order valence-corrected chi connectivity index (χ0v) is 16.3. The molecule has 3 aliphatic rings. The molecular weight excluding hydrogens is 372 g/mol. The number of pyridine rings is 1. The van der Waals surface area contributed by atoms with Gasteiger partial charge in [-0.2, -0.15) is 5.10 Å².